The molecule has 0 saturated heterocycles. The van der Waals surface area contributed by atoms with Gasteiger partial charge >= 0.3 is 0 Å². The van der Waals surface area contributed by atoms with Crippen LogP contribution in [0.1, 0.15) is 33.6 Å². The second kappa shape index (κ2) is 8.02. The minimum absolute atomic E-state index is 0.157. The van der Waals surface area contributed by atoms with Crippen LogP contribution in [0.25, 0.3) is 0 Å². The van der Waals surface area contributed by atoms with Gasteiger partial charge in [0, 0.05) is 33.2 Å². The Morgan fingerprint density at radius 2 is 1.89 bits per heavy atom. The van der Waals surface area contributed by atoms with E-state index in [1.165, 1.54) is 12.8 Å². The summed E-state index contributed by atoms with van der Waals surface area (Å²) in [4.78, 5) is 20.4. The smallest absolute Gasteiger partial charge is 0.242 e. The van der Waals surface area contributed by atoms with Crippen LogP contribution in [0.2, 0.25) is 0 Å². The number of rotatable bonds is 7. The van der Waals surface area contributed by atoms with E-state index >= 15 is 0 Å². The molecule has 5 nitrogen and oxygen atoms in total. The van der Waals surface area contributed by atoms with Crippen molar-refractivity contribution < 1.29 is 4.79 Å². The minimum atomic E-state index is 0.157. The first-order valence-corrected chi connectivity index (χ1v) is 7.39. The molecule has 0 aliphatic heterocycles. The first-order valence-electron chi connectivity index (χ1n) is 7.39. The Kier molecular flexibility index (Phi) is 6.67. The molecule has 0 radical (unpaired) electrons. The number of nitrogens with zero attached hydrogens (tertiary/aromatic N) is 3. The second-order valence-corrected chi connectivity index (χ2v) is 5.06. The zero-order valence-electron chi connectivity index (χ0n) is 12.8. The number of guanidine groups is 1. The molecule has 5 heteroatoms. The zero-order chi connectivity index (χ0) is 14.3. The minimum Gasteiger partial charge on any atom is -0.357 e. The third kappa shape index (κ3) is 5.49. The normalized spacial score (nSPS) is 15.3. The molecule has 0 aromatic heterocycles. The fraction of sp³-hybridized carbons (Fsp3) is 0.857. The number of likely N-dealkylation sites (N-methyl/N-ethyl adjacent to an activating group) is 2. The van der Waals surface area contributed by atoms with Crippen molar-refractivity contribution in [2.45, 2.75) is 33.6 Å². The van der Waals surface area contributed by atoms with E-state index < -0.39 is 0 Å². The van der Waals surface area contributed by atoms with Gasteiger partial charge in [0.1, 0.15) is 0 Å². The Morgan fingerprint density at radius 3 is 2.37 bits per heavy atom. The number of hydrogen-bond donors (Lipinski definition) is 1. The summed E-state index contributed by atoms with van der Waals surface area (Å²) in [7, 11) is 1.93. The van der Waals surface area contributed by atoms with Crippen molar-refractivity contribution in [3.05, 3.63) is 0 Å². The van der Waals surface area contributed by atoms with Crippen molar-refractivity contribution in [1.29, 1.82) is 0 Å². The monoisotopic (exact) mass is 268 g/mol. The summed E-state index contributed by atoms with van der Waals surface area (Å²) in [6.45, 7) is 9.68. The van der Waals surface area contributed by atoms with Crippen LogP contribution in [0.3, 0.4) is 0 Å². The number of amides is 1. The molecule has 1 N–H and O–H groups in total. The van der Waals surface area contributed by atoms with Crippen LogP contribution in [0.15, 0.2) is 4.99 Å². The Labute approximate surface area is 117 Å². The molecule has 110 valence electrons. The maximum absolute atomic E-state index is 12.1. The first-order chi connectivity index (χ1) is 9.12. The number of hydrogen-bond acceptors (Lipinski definition) is 2. The standard InChI is InChI=1S/C14H28N4O/c1-5-15-14(16-10-12-8-9-12)17(4)11-13(19)18(6-2)7-3/h12H,5-11H2,1-4H3,(H,15,16). The van der Waals surface area contributed by atoms with Crippen LogP contribution < -0.4 is 5.32 Å². The Balaban J connectivity index is 2.52. The van der Waals surface area contributed by atoms with Crippen molar-refractivity contribution >= 4 is 11.9 Å². The fourth-order valence-corrected chi connectivity index (χ4v) is 1.94. The lowest BCUT2D eigenvalue weighted by Crippen LogP contribution is -2.45. The van der Waals surface area contributed by atoms with E-state index in [1.54, 1.807) is 0 Å². The van der Waals surface area contributed by atoms with Crippen LogP contribution >= 0.6 is 0 Å². The van der Waals surface area contributed by atoms with Crippen molar-refractivity contribution in [2.75, 3.05) is 39.8 Å². The van der Waals surface area contributed by atoms with Crippen molar-refractivity contribution in [1.82, 2.24) is 15.1 Å². The largest absolute Gasteiger partial charge is 0.357 e. The summed E-state index contributed by atoms with van der Waals surface area (Å²) in [5.41, 5.74) is 0. The van der Waals surface area contributed by atoms with Gasteiger partial charge in [-0.15, -0.1) is 0 Å². The summed E-state index contributed by atoms with van der Waals surface area (Å²) in [5.74, 6) is 1.76. The lowest BCUT2D eigenvalue weighted by molar-refractivity contribution is -0.131. The molecule has 0 heterocycles. The van der Waals surface area contributed by atoms with Gasteiger partial charge in [0.25, 0.3) is 0 Å². The highest BCUT2D eigenvalue weighted by Gasteiger charge is 2.21. The van der Waals surface area contributed by atoms with E-state index in [2.05, 4.69) is 10.3 Å². The summed E-state index contributed by atoms with van der Waals surface area (Å²) >= 11 is 0. The summed E-state index contributed by atoms with van der Waals surface area (Å²) < 4.78 is 0. The van der Waals surface area contributed by atoms with E-state index in [9.17, 15) is 4.79 Å². The summed E-state index contributed by atoms with van der Waals surface area (Å²) in [6.07, 6.45) is 2.59. The topological polar surface area (TPSA) is 47.9 Å². The van der Waals surface area contributed by atoms with E-state index in [0.29, 0.717) is 6.54 Å². The molecule has 1 saturated carbocycles. The number of nitrogens with one attached hydrogen (secondary N) is 1. The molecular weight excluding hydrogens is 240 g/mol. The van der Waals surface area contributed by atoms with Gasteiger partial charge in [0.2, 0.25) is 5.91 Å². The highest BCUT2D eigenvalue weighted by atomic mass is 16.2. The first kappa shape index (κ1) is 15.8. The molecule has 1 aliphatic carbocycles. The Hall–Kier alpha value is -1.26. The molecule has 0 aromatic rings. The summed E-state index contributed by atoms with van der Waals surface area (Å²) in [6, 6.07) is 0. The fourth-order valence-electron chi connectivity index (χ4n) is 1.94. The van der Waals surface area contributed by atoms with Gasteiger partial charge in [0.05, 0.1) is 6.54 Å². The lowest BCUT2D eigenvalue weighted by atomic mass is 10.4. The number of carbonyl (C=O) groups excluding carboxylic acids is 1. The Bertz CT molecular complexity index is 309. The Morgan fingerprint density at radius 1 is 1.26 bits per heavy atom. The SMILES string of the molecule is CCNC(=NCC1CC1)N(C)CC(=O)N(CC)CC. The third-order valence-electron chi connectivity index (χ3n) is 3.38. The van der Waals surface area contributed by atoms with Gasteiger partial charge in [-0.05, 0) is 39.5 Å². The van der Waals surface area contributed by atoms with Crippen molar-refractivity contribution in [3.8, 4) is 0 Å². The molecule has 1 amide bonds. The van der Waals surface area contributed by atoms with E-state index in [1.807, 2.05) is 37.6 Å². The molecule has 0 bridgehead atoms. The van der Waals surface area contributed by atoms with Crippen molar-refractivity contribution in [3.63, 3.8) is 0 Å². The molecule has 1 rings (SSSR count). The maximum atomic E-state index is 12.1. The second-order valence-electron chi connectivity index (χ2n) is 5.06. The quantitative estimate of drug-likeness (QED) is 0.557. The van der Waals surface area contributed by atoms with Crippen LogP contribution in [0.4, 0.5) is 0 Å². The predicted octanol–water partition coefficient (Wildman–Crippen LogP) is 1.16. The molecule has 19 heavy (non-hydrogen) atoms. The molecular formula is C14H28N4O. The highest BCUT2D eigenvalue weighted by molar-refractivity contribution is 5.86. The van der Waals surface area contributed by atoms with Gasteiger partial charge in [-0.3, -0.25) is 9.79 Å². The van der Waals surface area contributed by atoms with E-state index in [-0.39, 0.29) is 5.91 Å². The third-order valence-corrected chi connectivity index (χ3v) is 3.38. The van der Waals surface area contributed by atoms with E-state index in [0.717, 1.165) is 38.1 Å². The molecule has 0 unspecified atom stereocenters. The van der Waals surface area contributed by atoms with Crippen LogP contribution in [0, 0.1) is 5.92 Å². The zero-order valence-corrected chi connectivity index (χ0v) is 12.8. The lowest BCUT2D eigenvalue weighted by Gasteiger charge is -2.25. The molecule has 0 aromatic carbocycles. The molecule has 0 atom stereocenters. The number of carbonyl (C=O) groups is 1. The molecule has 1 fully saturated rings. The van der Waals surface area contributed by atoms with Crippen LogP contribution in [-0.4, -0.2) is 61.4 Å². The average Bonchev–Trinajstić information content (AvgIpc) is 3.19. The predicted molar refractivity (Wildman–Crippen MR) is 79.3 cm³/mol. The summed E-state index contributed by atoms with van der Waals surface area (Å²) in [5, 5.41) is 3.25. The van der Waals surface area contributed by atoms with E-state index in [4.69, 9.17) is 0 Å². The van der Waals surface area contributed by atoms with Gasteiger partial charge in [-0.25, -0.2) is 0 Å². The highest BCUT2D eigenvalue weighted by Crippen LogP contribution is 2.28. The molecule has 1 aliphatic rings. The van der Waals surface area contributed by atoms with Crippen LogP contribution in [0.5, 0.6) is 0 Å². The average molecular weight is 268 g/mol. The molecule has 0 spiro atoms. The van der Waals surface area contributed by atoms with Gasteiger partial charge in [-0.2, -0.15) is 0 Å². The number of aliphatic imine (C=N–C) groups is 1. The maximum Gasteiger partial charge on any atom is 0.242 e. The van der Waals surface area contributed by atoms with Crippen molar-refractivity contribution in [2.24, 2.45) is 10.9 Å². The van der Waals surface area contributed by atoms with Gasteiger partial charge in [-0.1, -0.05) is 0 Å². The van der Waals surface area contributed by atoms with Gasteiger partial charge < -0.3 is 15.1 Å². The van der Waals surface area contributed by atoms with Gasteiger partial charge in [0.15, 0.2) is 5.96 Å². The van der Waals surface area contributed by atoms with Crippen LogP contribution in [-0.2, 0) is 4.79 Å².